The Bertz CT molecular complexity index is 432. The van der Waals surface area contributed by atoms with Crippen molar-refractivity contribution < 1.29 is 62.9 Å². The maximum Gasteiger partial charge on any atom is 0.458 e. The first-order chi connectivity index (χ1) is 8.97. The van der Waals surface area contributed by atoms with Crippen molar-refractivity contribution in [2.24, 2.45) is 0 Å². The highest BCUT2D eigenvalue weighted by Crippen LogP contribution is 2.50. The van der Waals surface area contributed by atoms with Gasteiger partial charge in [-0.05, 0) is 0 Å². The number of carbonyl (C=O) groups is 1. The van der Waals surface area contributed by atoms with Crippen LogP contribution in [0.4, 0.5) is 48.3 Å². The Labute approximate surface area is 106 Å². The van der Waals surface area contributed by atoms with E-state index in [1.165, 1.54) is 0 Å². The van der Waals surface area contributed by atoms with E-state index < -0.39 is 41.9 Å². The fraction of sp³-hybridized carbons (Fsp3) is 0.571. The van der Waals surface area contributed by atoms with Crippen LogP contribution in [0.2, 0.25) is 0 Å². The van der Waals surface area contributed by atoms with Crippen LogP contribution in [0.5, 0.6) is 0 Å². The molecule has 124 valence electrons. The van der Waals surface area contributed by atoms with E-state index >= 15 is 0 Å². The van der Waals surface area contributed by atoms with Gasteiger partial charge in [-0.3, -0.25) is 4.74 Å². The zero-order valence-corrected chi connectivity index (χ0v) is 8.92. The average Bonchev–Trinajstić information content (AvgIpc) is 2.22. The number of alkyl halides is 9. The average molecular weight is 342 g/mol. The van der Waals surface area contributed by atoms with E-state index in [0.29, 0.717) is 0 Å². The maximum atomic E-state index is 12.7. The van der Waals surface area contributed by atoms with E-state index in [-0.39, 0.29) is 0 Å². The molecule has 0 aliphatic carbocycles. The molecule has 0 fully saturated rings. The Balaban J connectivity index is 5.89. The summed E-state index contributed by atoms with van der Waals surface area (Å²) in [6.45, 7) is 0. The lowest BCUT2D eigenvalue weighted by Gasteiger charge is -2.32. The van der Waals surface area contributed by atoms with Gasteiger partial charge in [0.1, 0.15) is 0 Å². The van der Waals surface area contributed by atoms with E-state index in [1.54, 1.807) is 4.74 Å². The van der Waals surface area contributed by atoms with E-state index in [1.807, 2.05) is 0 Å². The standard InChI is InChI=1S/C7HF11O3/c8-1(3(19)20)2(9)4(10,11)21-5(12,6(13,14)15)7(16,17)18/h(H,19,20). The molecule has 14 heteroatoms. The molecule has 0 aliphatic rings. The van der Waals surface area contributed by atoms with Gasteiger partial charge >= 0.3 is 30.3 Å². The molecular formula is C7HF11O3. The summed E-state index contributed by atoms with van der Waals surface area (Å²) in [4.78, 5) is 9.75. The van der Waals surface area contributed by atoms with Crippen molar-refractivity contribution >= 4 is 5.97 Å². The summed E-state index contributed by atoms with van der Waals surface area (Å²) in [7, 11) is 0. The minimum atomic E-state index is -7.14. The van der Waals surface area contributed by atoms with Crippen LogP contribution in [0.3, 0.4) is 0 Å². The largest absolute Gasteiger partial charge is 0.476 e. The molecule has 1 N–H and O–H groups in total. The Morgan fingerprint density at radius 1 is 0.810 bits per heavy atom. The van der Waals surface area contributed by atoms with Gasteiger partial charge in [0.15, 0.2) is 0 Å². The van der Waals surface area contributed by atoms with Crippen molar-refractivity contribution in [3.8, 4) is 0 Å². The second kappa shape index (κ2) is 5.31. The maximum absolute atomic E-state index is 12.7. The Kier molecular flexibility index (Phi) is 4.90. The molecule has 0 atom stereocenters. The SMILES string of the molecule is O=C(O)C(F)=C(F)C(F)(F)OC(F)(C(F)(F)F)C(F)(F)F. The molecule has 0 amide bonds. The van der Waals surface area contributed by atoms with Crippen LogP contribution in [-0.2, 0) is 9.53 Å². The van der Waals surface area contributed by atoms with E-state index in [9.17, 15) is 53.1 Å². The first-order valence-corrected chi connectivity index (χ1v) is 4.16. The minimum absolute atomic E-state index is 1.70. The van der Waals surface area contributed by atoms with Gasteiger partial charge in [0.05, 0.1) is 0 Å². The highest BCUT2D eigenvalue weighted by molar-refractivity contribution is 5.84. The third-order valence-electron chi connectivity index (χ3n) is 1.63. The lowest BCUT2D eigenvalue weighted by Crippen LogP contribution is -2.58. The summed E-state index contributed by atoms with van der Waals surface area (Å²) in [5.74, 6) is -17.6. The predicted molar refractivity (Wildman–Crippen MR) is 38.9 cm³/mol. The lowest BCUT2D eigenvalue weighted by atomic mass is 10.3. The molecule has 0 aromatic carbocycles. The molecule has 3 nitrogen and oxygen atoms in total. The number of rotatable bonds is 4. The van der Waals surface area contributed by atoms with Gasteiger partial charge in [0.25, 0.3) is 0 Å². The zero-order chi connectivity index (χ0) is 17.4. The topological polar surface area (TPSA) is 46.5 Å². The molecule has 0 saturated heterocycles. The number of carboxylic acids is 1. The number of hydrogen-bond donors (Lipinski definition) is 1. The Hall–Kier alpha value is -1.60. The van der Waals surface area contributed by atoms with Gasteiger partial charge in [0.2, 0.25) is 11.7 Å². The van der Waals surface area contributed by atoms with Crippen molar-refractivity contribution in [3.05, 3.63) is 11.7 Å². The monoisotopic (exact) mass is 342 g/mol. The molecule has 0 bridgehead atoms. The van der Waals surface area contributed by atoms with Gasteiger partial charge in [-0.2, -0.15) is 48.3 Å². The number of halogens is 11. The van der Waals surface area contributed by atoms with Crippen LogP contribution >= 0.6 is 0 Å². The second-order valence-electron chi connectivity index (χ2n) is 3.14. The van der Waals surface area contributed by atoms with E-state index in [2.05, 4.69) is 0 Å². The lowest BCUT2D eigenvalue weighted by molar-refractivity contribution is -0.475. The van der Waals surface area contributed by atoms with Gasteiger partial charge in [0, 0.05) is 0 Å². The number of ether oxygens (including phenoxy) is 1. The summed E-state index contributed by atoms with van der Waals surface area (Å²) in [6.07, 6.45) is -20.8. The molecule has 0 aromatic heterocycles. The van der Waals surface area contributed by atoms with Crippen molar-refractivity contribution in [3.63, 3.8) is 0 Å². The molecule has 0 saturated carbocycles. The van der Waals surface area contributed by atoms with E-state index in [0.717, 1.165) is 0 Å². The molecule has 0 radical (unpaired) electrons. The van der Waals surface area contributed by atoms with Gasteiger partial charge in [-0.1, -0.05) is 0 Å². The fourth-order valence-corrected chi connectivity index (χ4v) is 0.720. The summed E-state index contributed by atoms with van der Waals surface area (Å²) in [5, 5.41) is 7.73. The first kappa shape index (κ1) is 19.4. The molecule has 0 spiro atoms. The van der Waals surface area contributed by atoms with Gasteiger partial charge < -0.3 is 5.11 Å². The van der Waals surface area contributed by atoms with Crippen LogP contribution in [0, 0.1) is 0 Å². The molecule has 0 unspecified atom stereocenters. The second-order valence-corrected chi connectivity index (χ2v) is 3.14. The zero-order valence-electron chi connectivity index (χ0n) is 8.92. The predicted octanol–water partition coefficient (Wildman–Crippen LogP) is 3.62. The highest BCUT2D eigenvalue weighted by atomic mass is 19.4. The van der Waals surface area contributed by atoms with Gasteiger partial charge in [-0.15, -0.1) is 0 Å². The summed E-state index contributed by atoms with van der Waals surface area (Å²) in [6, 6.07) is 0. The number of aliphatic carboxylic acids is 1. The van der Waals surface area contributed by atoms with Crippen molar-refractivity contribution in [1.29, 1.82) is 0 Å². The van der Waals surface area contributed by atoms with Crippen LogP contribution in [-0.4, -0.2) is 35.4 Å². The Morgan fingerprint density at radius 3 is 1.38 bits per heavy atom. The molecule has 0 rings (SSSR count). The summed E-state index contributed by atoms with van der Waals surface area (Å²) >= 11 is 0. The van der Waals surface area contributed by atoms with E-state index in [4.69, 9.17) is 5.11 Å². The number of carboxylic acid groups (broad SMARTS) is 1. The number of hydrogen-bond acceptors (Lipinski definition) is 2. The third-order valence-corrected chi connectivity index (χ3v) is 1.63. The molecule has 0 aliphatic heterocycles. The summed E-state index contributed by atoms with van der Waals surface area (Å²) in [5.41, 5.74) is 0. The third kappa shape index (κ3) is 3.74. The van der Waals surface area contributed by atoms with Crippen LogP contribution < -0.4 is 0 Å². The fourth-order valence-electron chi connectivity index (χ4n) is 0.720. The molecule has 21 heavy (non-hydrogen) atoms. The Morgan fingerprint density at radius 2 is 1.14 bits per heavy atom. The summed E-state index contributed by atoms with van der Waals surface area (Å²) < 4.78 is 135. The smallest absolute Gasteiger partial charge is 0.458 e. The quantitative estimate of drug-likeness (QED) is 0.627. The van der Waals surface area contributed by atoms with Crippen molar-refractivity contribution in [1.82, 2.24) is 0 Å². The molecular weight excluding hydrogens is 341 g/mol. The first-order valence-electron chi connectivity index (χ1n) is 4.16. The van der Waals surface area contributed by atoms with Gasteiger partial charge in [-0.25, -0.2) is 4.79 Å². The molecule has 0 heterocycles. The minimum Gasteiger partial charge on any atom is -0.476 e. The normalized spacial score (nSPS) is 15.8. The van der Waals surface area contributed by atoms with Crippen LogP contribution in [0.15, 0.2) is 11.7 Å². The highest BCUT2D eigenvalue weighted by Gasteiger charge is 2.77. The van der Waals surface area contributed by atoms with Crippen LogP contribution in [0.1, 0.15) is 0 Å². The molecule has 0 aromatic rings. The van der Waals surface area contributed by atoms with Crippen molar-refractivity contribution in [2.75, 3.05) is 0 Å². The van der Waals surface area contributed by atoms with Crippen LogP contribution in [0.25, 0.3) is 0 Å². The van der Waals surface area contributed by atoms with Crippen molar-refractivity contribution in [2.45, 2.75) is 24.3 Å².